The summed E-state index contributed by atoms with van der Waals surface area (Å²) in [5, 5.41) is 48.0. The van der Waals surface area contributed by atoms with Crippen molar-refractivity contribution in [1.29, 1.82) is 0 Å². The predicted molar refractivity (Wildman–Crippen MR) is 164 cm³/mol. The molecule has 19 N–H and O–H groups in total. The van der Waals surface area contributed by atoms with Gasteiger partial charge in [0.25, 0.3) is 5.91 Å². The highest BCUT2D eigenvalue weighted by Crippen LogP contribution is 2.07. The number of urea groups is 1. The third-order valence-corrected chi connectivity index (χ3v) is 7.03. The van der Waals surface area contributed by atoms with Crippen molar-refractivity contribution in [3.8, 4) is 0 Å². The van der Waals surface area contributed by atoms with Crippen LogP contribution >= 0.6 is 0 Å². The molecule has 7 atom stereocenters. The number of aliphatic hydroxyl groups is 3. The molecule has 8 amide bonds. The van der Waals surface area contributed by atoms with Gasteiger partial charge in [0.05, 0.1) is 25.4 Å². The van der Waals surface area contributed by atoms with E-state index in [1.807, 2.05) is 5.32 Å². The molecular weight excluding hydrogens is 642 g/mol. The number of nitrogens with zero attached hydrogens (tertiary/aromatic N) is 1. The Kier molecular flexibility index (Phi) is 15.4. The maximum Gasteiger partial charge on any atom is 0.316 e. The first-order valence-corrected chi connectivity index (χ1v) is 14.7. The third kappa shape index (κ3) is 11.9. The second kappa shape index (κ2) is 18.9. The Morgan fingerprint density at radius 2 is 1.62 bits per heavy atom. The van der Waals surface area contributed by atoms with E-state index in [9.17, 15) is 48.9 Å². The van der Waals surface area contributed by atoms with Crippen molar-refractivity contribution in [3.05, 3.63) is 11.9 Å². The Morgan fingerprint density at radius 3 is 2.23 bits per heavy atom. The molecule has 2 aliphatic heterocycles. The van der Waals surface area contributed by atoms with Crippen LogP contribution in [0.15, 0.2) is 16.9 Å². The van der Waals surface area contributed by atoms with Gasteiger partial charge >= 0.3 is 6.03 Å². The number of nitrogens with one attached hydrogen (secondary N) is 8. The van der Waals surface area contributed by atoms with Gasteiger partial charge in [-0.15, -0.1) is 0 Å². The first-order valence-electron chi connectivity index (χ1n) is 14.7. The smallest absolute Gasteiger partial charge is 0.316 e. The average molecular weight is 686 g/mol. The number of carbonyl (C=O) groups excluding carboxylic acids is 7. The molecule has 7 unspecified atom stereocenters. The van der Waals surface area contributed by atoms with E-state index in [0.717, 1.165) is 0 Å². The van der Waals surface area contributed by atoms with Crippen molar-refractivity contribution in [2.75, 3.05) is 32.8 Å². The van der Waals surface area contributed by atoms with Gasteiger partial charge in [0, 0.05) is 31.8 Å². The molecule has 0 aromatic carbocycles. The average Bonchev–Trinajstić information content (AvgIpc) is 3.03. The summed E-state index contributed by atoms with van der Waals surface area (Å²) in [6.07, 6.45) is -0.684. The highest BCUT2D eigenvalue weighted by molar-refractivity contribution is 6.02. The molecule has 2 rings (SSSR count). The topological polar surface area (TPSA) is 393 Å². The molecule has 0 aromatic rings. The van der Waals surface area contributed by atoms with Crippen LogP contribution in [0.4, 0.5) is 4.79 Å². The number of aliphatic imine (C=N–C) groups is 1. The van der Waals surface area contributed by atoms with E-state index in [1.165, 1.54) is 0 Å². The lowest BCUT2D eigenvalue weighted by Crippen LogP contribution is -2.64. The van der Waals surface area contributed by atoms with Crippen molar-refractivity contribution in [2.45, 2.75) is 61.6 Å². The number of amides is 8. The first kappa shape index (κ1) is 39.1. The number of primary amides is 1. The van der Waals surface area contributed by atoms with Gasteiger partial charge in [0.2, 0.25) is 29.5 Å². The van der Waals surface area contributed by atoms with Gasteiger partial charge in [-0.25, -0.2) is 4.79 Å². The molecule has 0 saturated carbocycles. The van der Waals surface area contributed by atoms with Gasteiger partial charge in [0.15, 0.2) is 5.96 Å². The summed E-state index contributed by atoms with van der Waals surface area (Å²) in [6, 6.07) is -9.75. The summed E-state index contributed by atoms with van der Waals surface area (Å²) in [6.45, 7) is -2.46. The summed E-state index contributed by atoms with van der Waals surface area (Å²) in [5.41, 5.74) is 21.4. The van der Waals surface area contributed by atoms with Gasteiger partial charge in [0.1, 0.15) is 29.9 Å². The van der Waals surface area contributed by atoms with Crippen LogP contribution in [0.1, 0.15) is 19.3 Å². The summed E-state index contributed by atoms with van der Waals surface area (Å²) >= 11 is 0. The minimum Gasteiger partial charge on any atom is -0.394 e. The highest BCUT2D eigenvalue weighted by Gasteiger charge is 2.36. The molecule has 0 spiro atoms. The number of aliphatic hydroxyl groups excluding tert-OH is 3. The van der Waals surface area contributed by atoms with E-state index in [4.69, 9.17) is 22.9 Å². The Balaban J connectivity index is 2.52. The van der Waals surface area contributed by atoms with Crippen LogP contribution in [-0.4, -0.2) is 138 Å². The minimum absolute atomic E-state index is 0.0610. The molecule has 48 heavy (non-hydrogen) atoms. The van der Waals surface area contributed by atoms with Crippen LogP contribution in [0.25, 0.3) is 0 Å². The second-order valence-corrected chi connectivity index (χ2v) is 10.7. The molecule has 268 valence electrons. The quantitative estimate of drug-likeness (QED) is 0.0950. The van der Waals surface area contributed by atoms with E-state index in [-0.39, 0.29) is 31.9 Å². The molecule has 2 heterocycles. The number of rotatable bonds is 10. The molecule has 23 heteroatoms. The van der Waals surface area contributed by atoms with E-state index in [2.05, 4.69) is 42.2 Å². The van der Waals surface area contributed by atoms with Crippen molar-refractivity contribution in [2.24, 2.45) is 27.9 Å². The standard InChI is InChI=1S/C25H43N13O10/c26-3-1-16(41)10(27)5-17(42)33-12-6-31-23(47)18(11-2-4-30-24(28)37-11)38-20(44)13(7-32-25(29)48)34-21(45)14(8-39)36-22(46)15(9-40)35-19(12)43/h7,10-12,14-16,18,39-41H,1-6,8-9,26-27H2,(H,31,47)(H,33,42)(H,34,45)(H,35,43)(H,36,46)(H,38,44)(H3,28,30,37)(H3,29,32,48)/b13-7-. The van der Waals surface area contributed by atoms with Crippen LogP contribution in [0.3, 0.4) is 0 Å². The molecule has 1 fully saturated rings. The van der Waals surface area contributed by atoms with Crippen LogP contribution in [-0.2, 0) is 28.8 Å². The largest absolute Gasteiger partial charge is 0.394 e. The lowest BCUT2D eigenvalue weighted by Gasteiger charge is -2.31. The number of hydrogen-bond donors (Lipinski definition) is 15. The van der Waals surface area contributed by atoms with E-state index < -0.39 is 116 Å². The fourth-order valence-corrected chi connectivity index (χ4v) is 4.41. The number of hydrogen-bond acceptors (Lipinski definition) is 15. The monoisotopic (exact) mass is 685 g/mol. The van der Waals surface area contributed by atoms with E-state index >= 15 is 0 Å². The molecule has 2 aliphatic rings. The van der Waals surface area contributed by atoms with Crippen molar-refractivity contribution in [3.63, 3.8) is 0 Å². The van der Waals surface area contributed by atoms with Gasteiger partial charge in [-0.2, -0.15) is 0 Å². The second-order valence-electron chi connectivity index (χ2n) is 10.7. The molecule has 0 aromatic heterocycles. The number of nitrogens with two attached hydrogens (primary N) is 4. The van der Waals surface area contributed by atoms with Gasteiger partial charge in [-0.3, -0.25) is 33.8 Å². The molecule has 23 nitrogen and oxygen atoms in total. The molecule has 0 aliphatic carbocycles. The molecule has 0 bridgehead atoms. The Labute approximate surface area is 273 Å². The maximum absolute atomic E-state index is 13.6. The minimum atomic E-state index is -1.77. The van der Waals surface area contributed by atoms with Gasteiger partial charge in [-0.05, 0) is 19.4 Å². The third-order valence-electron chi connectivity index (χ3n) is 7.03. The van der Waals surface area contributed by atoms with Crippen LogP contribution in [0.5, 0.6) is 0 Å². The van der Waals surface area contributed by atoms with Crippen LogP contribution < -0.4 is 65.5 Å². The summed E-state index contributed by atoms with van der Waals surface area (Å²) in [7, 11) is 0. The zero-order chi connectivity index (χ0) is 36.0. The fraction of sp³-hybridized carbons (Fsp3) is 0.600. The molecule has 0 radical (unpaired) electrons. The zero-order valence-corrected chi connectivity index (χ0v) is 25.7. The number of carbonyl (C=O) groups is 7. The van der Waals surface area contributed by atoms with Crippen molar-refractivity contribution >= 4 is 47.4 Å². The van der Waals surface area contributed by atoms with Crippen molar-refractivity contribution < 1.29 is 48.9 Å². The van der Waals surface area contributed by atoms with Crippen LogP contribution in [0.2, 0.25) is 0 Å². The summed E-state index contributed by atoms with van der Waals surface area (Å²) in [5.74, 6) is -6.43. The van der Waals surface area contributed by atoms with E-state index in [0.29, 0.717) is 6.20 Å². The SMILES string of the molecule is NCCC(O)C(N)CC(=O)NC1CNC(=O)C(C2CCN=C(N)N2)NC(=O)/C(=C/NC(N)=O)NC(=O)C(CO)NC(=O)C(CO)NC1=O. The maximum atomic E-state index is 13.6. The highest BCUT2D eigenvalue weighted by atomic mass is 16.3. The lowest BCUT2D eigenvalue weighted by atomic mass is 10.0. The fourth-order valence-electron chi connectivity index (χ4n) is 4.41. The van der Waals surface area contributed by atoms with Gasteiger partial charge < -0.3 is 80.8 Å². The Bertz CT molecular complexity index is 1280. The predicted octanol–water partition coefficient (Wildman–Crippen LogP) is -9.23. The molecule has 1 saturated heterocycles. The normalized spacial score (nSPS) is 26.7. The lowest BCUT2D eigenvalue weighted by molar-refractivity contribution is -0.135. The van der Waals surface area contributed by atoms with Crippen molar-refractivity contribution in [1.82, 2.24) is 42.5 Å². The van der Waals surface area contributed by atoms with Crippen LogP contribution in [0, 0.1) is 0 Å². The summed E-state index contributed by atoms with van der Waals surface area (Å²) in [4.78, 5) is 94.2. The molecular formula is C25H43N13O10. The van der Waals surface area contributed by atoms with E-state index in [1.54, 1.807) is 0 Å². The Morgan fingerprint density at radius 1 is 0.979 bits per heavy atom. The first-order chi connectivity index (χ1) is 22.7. The summed E-state index contributed by atoms with van der Waals surface area (Å²) < 4.78 is 0. The number of guanidine groups is 1. The van der Waals surface area contributed by atoms with Gasteiger partial charge in [-0.1, -0.05) is 0 Å². The zero-order valence-electron chi connectivity index (χ0n) is 25.7. The Hall–Kier alpha value is -5.10.